The fourth-order valence-corrected chi connectivity index (χ4v) is 3.48. The number of likely N-dealkylation sites (N-methyl/N-ethyl adjacent to an activating group) is 1. The van der Waals surface area contributed by atoms with Gasteiger partial charge in [0.15, 0.2) is 0 Å². The molecule has 17 heavy (non-hydrogen) atoms. The lowest BCUT2D eigenvalue weighted by Crippen LogP contribution is -2.40. The summed E-state index contributed by atoms with van der Waals surface area (Å²) in [5, 5.41) is 1.95. The minimum Gasteiger partial charge on any atom is -0.326 e. The van der Waals surface area contributed by atoms with Gasteiger partial charge in [0.2, 0.25) is 0 Å². The van der Waals surface area contributed by atoms with E-state index < -0.39 is 6.43 Å². The van der Waals surface area contributed by atoms with E-state index in [9.17, 15) is 8.78 Å². The molecule has 0 fully saturated rings. The van der Waals surface area contributed by atoms with E-state index in [1.165, 1.54) is 0 Å². The van der Waals surface area contributed by atoms with Crippen LogP contribution in [0.5, 0.6) is 0 Å². The topological polar surface area (TPSA) is 29.3 Å². The van der Waals surface area contributed by atoms with E-state index in [0.717, 1.165) is 15.8 Å². The minimum absolute atomic E-state index is 0.135. The normalized spacial score (nSPS) is 15.5. The number of halogens is 3. The van der Waals surface area contributed by atoms with Gasteiger partial charge < -0.3 is 5.73 Å². The molecule has 0 aliphatic heterocycles. The number of thiophene rings is 1. The van der Waals surface area contributed by atoms with E-state index in [0.29, 0.717) is 0 Å². The fraction of sp³-hybridized carbons (Fsp3) is 0.636. The maximum Gasteiger partial charge on any atom is 0.251 e. The van der Waals surface area contributed by atoms with E-state index in [-0.39, 0.29) is 18.6 Å². The van der Waals surface area contributed by atoms with Crippen LogP contribution in [0.1, 0.15) is 24.3 Å². The van der Waals surface area contributed by atoms with Crippen molar-refractivity contribution in [2.24, 2.45) is 5.73 Å². The first-order valence-corrected chi connectivity index (χ1v) is 7.10. The van der Waals surface area contributed by atoms with Crippen LogP contribution in [0.25, 0.3) is 0 Å². The Bertz CT molecular complexity index is 346. The Morgan fingerprint density at radius 1 is 1.53 bits per heavy atom. The number of nitrogens with zero attached hydrogens (tertiary/aromatic N) is 1. The van der Waals surface area contributed by atoms with Crippen LogP contribution in [0.3, 0.4) is 0 Å². The molecular weight excluding hydrogens is 310 g/mol. The van der Waals surface area contributed by atoms with Crippen molar-refractivity contribution >= 4 is 27.3 Å². The molecule has 1 aromatic rings. The molecule has 0 aliphatic carbocycles. The Morgan fingerprint density at radius 2 is 2.18 bits per heavy atom. The molecule has 0 spiro atoms. The molecule has 98 valence electrons. The molecule has 2 nitrogen and oxygen atoms in total. The molecular formula is C11H17BrF2N2S. The van der Waals surface area contributed by atoms with Crippen molar-refractivity contribution in [2.75, 3.05) is 13.6 Å². The molecule has 0 aromatic carbocycles. The van der Waals surface area contributed by atoms with Crippen molar-refractivity contribution in [3.05, 3.63) is 20.8 Å². The first-order valence-electron chi connectivity index (χ1n) is 5.43. The molecule has 0 aliphatic rings. The molecule has 0 saturated carbocycles. The standard InChI is InChI=1S/C11H17BrF2N2S/c1-3-8(15)11(16(2)5-10(13)14)9-4-7(12)6-17-9/h4,6,8,10-11H,3,5,15H2,1-2H3. The summed E-state index contributed by atoms with van der Waals surface area (Å²) < 4.78 is 25.9. The number of hydrogen-bond donors (Lipinski definition) is 1. The maximum atomic E-state index is 12.4. The monoisotopic (exact) mass is 326 g/mol. The second kappa shape index (κ2) is 6.78. The third kappa shape index (κ3) is 4.28. The average Bonchev–Trinajstić information content (AvgIpc) is 2.63. The lowest BCUT2D eigenvalue weighted by molar-refractivity contribution is 0.0744. The van der Waals surface area contributed by atoms with E-state index in [4.69, 9.17) is 5.73 Å². The molecule has 0 radical (unpaired) electrons. The van der Waals surface area contributed by atoms with Crippen molar-refractivity contribution in [1.82, 2.24) is 4.90 Å². The highest BCUT2D eigenvalue weighted by molar-refractivity contribution is 9.10. The molecule has 1 heterocycles. The zero-order chi connectivity index (χ0) is 13.0. The zero-order valence-electron chi connectivity index (χ0n) is 9.87. The Hall–Kier alpha value is -0.0400. The van der Waals surface area contributed by atoms with Crippen LogP contribution < -0.4 is 5.73 Å². The van der Waals surface area contributed by atoms with Crippen LogP contribution in [-0.2, 0) is 0 Å². The summed E-state index contributed by atoms with van der Waals surface area (Å²) in [5.41, 5.74) is 6.04. The van der Waals surface area contributed by atoms with Crippen LogP contribution in [0.2, 0.25) is 0 Å². The van der Waals surface area contributed by atoms with E-state index in [2.05, 4.69) is 15.9 Å². The van der Waals surface area contributed by atoms with Crippen LogP contribution in [0, 0.1) is 0 Å². The van der Waals surface area contributed by atoms with Gasteiger partial charge in [0.1, 0.15) is 0 Å². The number of hydrogen-bond acceptors (Lipinski definition) is 3. The number of nitrogens with two attached hydrogens (primary N) is 1. The fourth-order valence-electron chi connectivity index (χ4n) is 1.79. The van der Waals surface area contributed by atoms with Crippen molar-refractivity contribution in [1.29, 1.82) is 0 Å². The van der Waals surface area contributed by atoms with Gasteiger partial charge in [0, 0.05) is 20.8 Å². The molecule has 0 bridgehead atoms. The summed E-state index contributed by atoms with van der Waals surface area (Å²) in [6, 6.07) is 1.67. The summed E-state index contributed by atoms with van der Waals surface area (Å²) in [6.07, 6.45) is -1.58. The van der Waals surface area contributed by atoms with E-state index >= 15 is 0 Å². The highest BCUT2D eigenvalue weighted by Crippen LogP contribution is 2.31. The van der Waals surface area contributed by atoms with Gasteiger partial charge in [-0.15, -0.1) is 11.3 Å². The molecule has 1 aromatic heterocycles. The summed E-state index contributed by atoms with van der Waals surface area (Å²) in [5.74, 6) is 0. The molecule has 2 atom stereocenters. The molecule has 2 N–H and O–H groups in total. The Morgan fingerprint density at radius 3 is 2.59 bits per heavy atom. The van der Waals surface area contributed by atoms with Crippen molar-refractivity contribution in [2.45, 2.75) is 31.9 Å². The summed E-state index contributed by atoms with van der Waals surface area (Å²) >= 11 is 4.92. The molecule has 0 saturated heterocycles. The third-order valence-corrected chi connectivity index (χ3v) is 4.42. The summed E-state index contributed by atoms with van der Waals surface area (Å²) in [4.78, 5) is 2.66. The minimum atomic E-state index is -2.34. The van der Waals surface area contributed by atoms with Gasteiger partial charge in [-0.1, -0.05) is 6.92 Å². The van der Waals surface area contributed by atoms with Gasteiger partial charge in [-0.2, -0.15) is 0 Å². The Labute approximate surface area is 113 Å². The highest BCUT2D eigenvalue weighted by atomic mass is 79.9. The van der Waals surface area contributed by atoms with Crippen LogP contribution in [0.4, 0.5) is 8.78 Å². The molecule has 1 rings (SSSR count). The summed E-state index contributed by atoms with van der Waals surface area (Å²) in [6.45, 7) is 1.71. The predicted octanol–water partition coefficient (Wildman–Crippen LogP) is 3.49. The first kappa shape index (κ1) is 15.0. The van der Waals surface area contributed by atoms with Crippen molar-refractivity contribution in [3.8, 4) is 0 Å². The SMILES string of the molecule is CCC(N)C(c1cc(Br)cs1)N(C)CC(F)F. The second-order valence-electron chi connectivity index (χ2n) is 4.01. The first-order chi connectivity index (χ1) is 7.95. The highest BCUT2D eigenvalue weighted by Gasteiger charge is 2.26. The van der Waals surface area contributed by atoms with Gasteiger partial charge >= 0.3 is 0 Å². The molecule has 6 heteroatoms. The largest absolute Gasteiger partial charge is 0.326 e. The Kier molecular flexibility index (Phi) is 5.99. The van der Waals surface area contributed by atoms with Crippen molar-refractivity contribution in [3.63, 3.8) is 0 Å². The van der Waals surface area contributed by atoms with Gasteiger partial charge in [-0.25, -0.2) is 8.78 Å². The van der Waals surface area contributed by atoms with Gasteiger partial charge in [-0.05, 0) is 35.5 Å². The smallest absolute Gasteiger partial charge is 0.251 e. The van der Waals surface area contributed by atoms with Crippen LogP contribution in [-0.4, -0.2) is 31.0 Å². The summed E-state index contributed by atoms with van der Waals surface area (Å²) in [7, 11) is 1.69. The average molecular weight is 327 g/mol. The van der Waals surface area contributed by atoms with Gasteiger partial charge in [0.05, 0.1) is 12.6 Å². The second-order valence-corrected chi connectivity index (χ2v) is 5.87. The Balaban J connectivity index is 2.87. The van der Waals surface area contributed by atoms with Crippen LogP contribution >= 0.6 is 27.3 Å². The lowest BCUT2D eigenvalue weighted by Gasteiger charge is -2.31. The maximum absolute atomic E-state index is 12.4. The van der Waals surface area contributed by atoms with Gasteiger partial charge in [0.25, 0.3) is 6.43 Å². The lowest BCUT2D eigenvalue weighted by atomic mass is 10.0. The molecule has 2 unspecified atom stereocenters. The third-order valence-electron chi connectivity index (χ3n) is 2.66. The van der Waals surface area contributed by atoms with Crippen LogP contribution in [0.15, 0.2) is 15.9 Å². The van der Waals surface area contributed by atoms with E-state index in [1.807, 2.05) is 18.4 Å². The molecule has 0 amide bonds. The zero-order valence-corrected chi connectivity index (χ0v) is 12.3. The number of alkyl halides is 2. The predicted molar refractivity (Wildman–Crippen MR) is 71.7 cm³/mol. The van der Waals surface area contributed by atoms with Gasteiger partial charge in [-0.3, -0.25) is 4.90 Å². The number of rotatable bonds is 6. The van der Waals surface area contributed by atoms with E-state index in [1.54, 1.807) is 23.3 Å². The quantitative estimate of drug-likeness (QED) is 0.867. The van der Waals surface area contributed by atoms with Crippen molar-refractivity contribution < 1.29 is 8.78 Å².